The fourth-order valence-corrected chi connectivity index (χ4v) is 5.47. The zero-order valence-corrected chi connectivity index (χ0v) is 23.4. The Hall–Kier alpha value is -4.98. The summed E-state index contributed by atoms with van der Waals surface area (Å²) < 4.78 is 0. The summed E-state index contributed by atoms with van der Waals surface area (Å²) in [6, 6.07) is 9.76. The monoisotopic (exact) mass is 548 g/mol. The van der Waals surface area contributed by atoms with Crippen LogP contribution in [0.15, 0.2) is 49.6 Å². The minimum absolute atomic E-state index is 0.0230. The maximum atomic E-state index is 11.5. The van der Waals surface area contributed by atoms with Gasteiger partial charge in [-0.05, 0) is 91.8 Å². The van der Waals surface area contributed by atoms with Crippen LogP contribution < -0.4 is 0 Å². The number of aryl methyl sites for hydroxylation is 2. The Bertz CT molecular complexity index is 1870. The Labute approximate surface area is 237 Å². The van der Waals surface area contributed by atoms with E-state index in [1.54, 1.807) is 6.08 Å². The summed E-state index contributed by atoms with van der Waals surface area (Å²) in [5.74, 6) is -1.77. The fourth-order valence-electron chi connectivity index (χ4n) is 5.47. The Morgan fingerprint density at radius 1 is 0.756 bits per heavy atom. The van der Waals surface area contributed by atoms with Gasteiger partial charge in [-0.15, -0.1) is 0 Å². The molecule has 0 aromatic carbocycles. The minimum atomic E-state index is -0.887. The molecule has 0 saturated heterocycles. The van der Waals surface area contributed by atoms with Crippen LogP contribution in [0.1, 0.15) is 72.6 Å². The molecule has 0 atom stereocenters. The zero-order chi connectivity index (χ0) is 29.4. The van der Waals surface area contributed by atoms with Crippen LogP contribution in [0.4, 0.5) is 0 Å². The van der Waals surface area contributed by atoms with Gasteiger partial charge in [-0.25, -0.2) is 9.97 Å². The maximum absolute atomic E-state index is 11.5. The molecule has 0 radical (unpaired) electrons. The van der Waals surface area contributed by atoms with Gasteiger partial charge in [0.25, 0.3) is 0 Å². The maximum Gasteiger partial charge on any atom is 0.303 e. The van der Waals surface area contributed by atoms with E-state index >= 15 is 0 Å². The first-order valence-corrected chi connectivity index (χ1v) is 13.4. The van der Waals surface area contributed by atoms with E-state index in [1.165, 1.54) is 0 Å². The summed E-state index contributed by atoms with van der Waals surface area (Å²) in [7, 11) is 0. The predicted octanol–water partition coefficient (Wildman–Crippen LogP) is 7.20. The molecular weight excluding hydrogens is 516 g/mol. The zero-order valence-electron chi connectivity index (χ0n) is 23.4. The molecule has 0 amide bonds. The molecule has 0 aliphatic carbocycles. The largest absolute Gasteiger partial charge is 0.481 e. The normalized spacial score (nSPS) is 13.0. The van der Waals surface area contributed by atoms with Crippen molar-refractivity contribution in [3.05, 3.63) is 89.0 Å². The Kier molecular flexibility index (Phi) is 7.32. The summed E-state index contributed by atoms with van der Waals surface area (Å²) in [4.78, 5) is 39.7. The molecular formula is C33H32N4O4. The van der Waals surface area contributed by atoms with Crippen molar-refractivity contribution >= 4 is 62.4 Å². The SMILES string of the molecule is C=CC1=C(C)c2cc3nc(cc4[nH]c(cc4CCC(=O)O)cc4[nH]c(cc1n2)c(C)c4C=C)C(CCC(=O)O)=C3C. The third-order valence-corrected chi connectivity index (χ3v) is 7.75. The van der Waals surface area contributed by atoms with Gasteiger partial charge >= 0.3 is 11.9 Å². The molecule has 5 heterocycles. The third kappa shape index (κ3) is 5.28. The second-order valence-electron chi connectivity index (χ2n) is 10.3. The lowest BCUT2D eigenvalue weighted by molar-refractivity contribution is -0.137. The average molecular weight is 549 g/mol. The second kappa shape index (κ2) is 10.9. The number of aromatic nitrogens is 4. The van der Waals surface area contributed by atoms with Crippen LogP contribution in [0.2, 0.25) is 0 Å². The van der Waals surface area contributed by atoms with Crippen molar-refractivity contribution in [2.45, 2.75) is 46.5 Å². The molecule has 3 aromatic rings. The summed E-state index contributed by atoms with van der Waals surface area (Å²) in [6.07, 6.45) is 4.21. The van der Waals surface area contributed by atoms with Gasteiger partial charge in [0, 0.05) is 46.0 Å². The van der Waals surface area contributed by atoms with Crippen molar-refractivity contribution in [2.24, 2.45) is 0 Å². The van der Waals surface area contributed by atoms with E-state index in [2.05, 4.69) is 23.1 Å². The first kappa shape index (κ1) is 27.6. The lowest BCUT2D eigenvalue weighted by Crippen LogP contribution is -1.97. The number of carboxylic acid groups (broad SMARTS) is 2. The molecule has 8 heteroatoms. The van der Waals surface area contributed by atoms with Gasteiger partial charge in [-0.1, -0.05) is 25.3 Å². The highest BCUT2D eigenvalue weighted by Gasteiger charge is 2.21. The van der Waals surface area contributed by atoms with Crippen LogP contribution in [-0.4, -0.2) is 42.1 Å². The van der Waals surface area contributed by atoms with E-state index in [0.717, 1.165) is 72.4 Å². The van der Waals surface area contributed by atoms with E-state index in [-0.39, 0.29) is 12.8 Å². The number of fused-ring (bicyclic) bond motifs is 8. The minimum Gasteiger partial charge on any atom is -0.481 e. The van der Waals surface area contributed by atoms with Crippen LogP contribution in [0.5, 0.6) is 0 Å². The molecule has 0 fully saturated rings. The lowest BCUT2D eigenvalue weighted by atomic mass is 10.0. The van der Waals surface area contributed by atoms with Crippen molar-refractivity contribution in [2.75, 3.05) is 0 Å². The van der Waals surface area contributed by atoms with Crippen LogP contribution >= 0.6 is 0 Å². The number of aromatic amines is 2. The van der Waals surface area contributed by atoms with Crippen LogP contribution in [0.3, 0.4) is 0 Å². The highest BCUT2D eigenvalue weighted by molar-refractivity contribution is 5.98. The molecule has 0 saturated carbocycles. The number of carboxylic acids is 2. The van der Waals surface area contributed by atoms with Crippen LogP contribution in [0, 0.1) is 6.92 Å². The van der Waals surface area contributed by atoms with Gasteiger partial charge in [0.05, 0.1) is 22.8 Å². The number of H-pyrrole nitrogens is 2. The molecule has 8 nitrogen and oxygen atoms in total. The number of allylic oxidation sites excluding steroid dienone is 5. The number of hydrogen-bond acceptors (Lipinski definition) is 4. The van der Waals surface area contributed by atoms with Gasteiger partial charge in [0.2, 0.25) is 0 Å². The van der Waals surface area contributed by atoms with Gasteiger partial charge in [-0.3, -0.25) is 9.59 Å². The molecule has 8 bridgehead atoms. The predicted molar refractivity (Wildman–Crippen MR) is 164 cm³/mol. The van der Waals surface area contributed by atoms with Crippen molar-refractivity contribution in [1.82, 2.24) is 19.9 Å². The van der Waals surface area contributed by atoms with Gasteiger partial charge in [-0.2, -0.15) is 0 Å². The molecule has 208 valence electrons. The number of nitrogens with zero attached hydrogens (tertiary/aromatic N) is 2. The summed E-state index contributed by atoms with van der Waals surface area (Å²) >= 11 is 0. The van der Waals surface area contributed by atoms with Crippen molar-refractivity contribution in [3.8, 4) is 0 Å². The summed E-state index contributed by atoms with van der Waals surface area (Å²) in [5.41, 5.74) is 12.6. The standard InChI is InChI=1S/C33H32N4O4/c1-6-22-17(3)27-15-30-23(7-2)18(4)25(36-30)14-26-19(5)24(9-11-33(40)41)31(37-26)16-28-20(8-10-32(38)39)12-21(34-28)13-29(22)35-27/h6-7,12-16,34-35H,1-2,8-11H2,3-5H3,(H,38,39)(H,40,41). The quantitative estimate of drug-likeness (QED) is 0.235. The topological polar surface area (TPSA) is 132 Å². The Balaban J connectivity index is 1.91. The average Bonchev–Trinajstić information content (AvgIpc) is 3.61. The molecule has 4 N–H and O–H groups in total. The molecule has 3 aromatic heterocycles. The molecule has 2 aliphatic heterocycles. The van der Waals surface area contributed by atoms with Gasteiger partial charge < -0.3 is 20.2 Å². The van der Waals surface area contributed by atoms with Crippen molar-refractivity contribution in [3.63, 3.8) is 0 Å². The van der Waals surface area contributed by atoms with E-state index < -0.39 is 11.9 Å². The van der Waals surface area contributed by atoms with Crippen LogP contribution in [0.25, 0.3) is 50.4 Å². The number of aliphatic carboxylic acids is 2. The van der Waals surface area contributed by atoms with Crippen molar-refractivity contribution in [1.29, 1.82) is 0 Å². The molecule has 2 aliphatic rings. The summed E-state index contributed by atoms with van der Waals surface area (Å²) in [5, 5.41) is 18.8. The Morgan fingerprint density at radius 2 is 1.41 bits per heavy atom. The van der Waals surface area contributed by atoms with E-state index in [4.69, 9.17) is 9.97 Å². The first-order chi connectivity index (χ1) is 19.6. The molecule has 5 rings (SSSR count). The fraction of sp³-hybridized carbons (Fsp3) is 0.212. The number of carbonyl (C=O) groups is 2. The smallest absolute Gasteiger partial charge is 0.303 e. The summed E-state index contributed by atoms with van der Waals surface area (Å²) in [6.45, 7) is 14.0. The Morgan fingerprint density at radius 3 is 2.10 bits per heavy atom. The van der Waals surface area contributed by atoms with E-state index in [9.17, 15) is 19.8 Å². The highest BCUT2D eigenvalue weighted by Crippen LogP contribution is 2.36. The van der Waals surface area contributed by atoms with E-state index in [0.29, 0.717) is 24.2 Å². The van der Waals surface area contributed by atoms with Crippen molar-refractivity contribution < 1.29 is 19.8 Å². The first-order valence-electron chi connectivity index (χ1n) is 13.4. The van der Waals surface area contributed by atoms with E-state index in [1.807, 2.05) is 57.2 Å². The highest BCUT2D eigenvalue weighted by atomic mass is 16.4. The molecule has 0 unspecified atom stereocenters. The van der Waals surface area contributed by atoms with Crippen LogP contribution in [-0.2, 0) is 16.0 Å². The third-order valence-electron chi connectivity index (χ3n) is 7.75. The van der Waals surface area contributed by atoms with Gasteiger partial charge in [0.15, 0.2) is 0 Å². The van der Waals surface area contributed by atoms with Gasteiger partial charge in [0.1, 0.15) is 0 Å². The lowest BCUT2D eigenvalue weighted by Gasteiger charge is -2.03. The molecule has 41 heavy (non-hydrogen) atoms. The molecule has 0 spiro atoms. The number of nitrogens with one attached hydrogen (secondary N) is 2. The number of rotatable bonds is 8. The second-order valence-corrected chi connectivity index (χ2v) is 10.3. The number of hydrogen-bond donors (Lipinski definition) is 4.